The van der Waals surface area contributed by atoms with Crippen molar-refractivity contribution in [3.8, 4) is 11.8 Å². The van der Waals surface area contributed by atoms with Crippen LogP contribution >= 0.6 is 0 Å². The van der Waals surface area contributed by atoms with Gasteiger partial charge in [-0.3, -0.25) is 0 Å². The first-order chi connectivity index (χ1) is 7.74. The lowest BCUT2D eigenvalue weighted by Gasteiger charge is -2.10. The zero-order valence-corrected chi connectivity index (χ0v) is 9.02. The number of para-hydroxylation sites is 1. The van der Waals surface area contributed by atoms with Gasteiger partial charge in [0.2, 0.25) is 0 Å². The van der Waals surface area contributed by atoms with E-state index in [0.717, 1.165) is 0 Å². The van der Waals surface area contributed by atoms with Gasteiger partial charge in [0, 0.05) is 7.11 Å². The van der Waals surface area contributed by atoms with Crippen molar-refractivity contribution in [1.82, 2.24) is 0 Å². The summed E-state index contributed by atoms with van der Waals surface area (Å²) in [5.74, 6) is -0.373. The Kier molecular flexibility index (Phi) is 4.30. The van der Waals surface area contributed by atoms with Crippen LogP contribution in [0.1, 0.15) is 15.9 Å². The first-order valence-corrected chi connectivity index (χ1v) is 4.47. The van der Waals surface area contributed by atoms with Crippen LogP contribution in [0.15, 0.2) is 18.2 Å². The van der Waals surface area contributed by atoms with E-state index in [-0.39, 0.29) is 23.7 Å². The molecule has 0 aromatic heterocycles. The zero-order valence-electron chi connectivity index (χ0n) is 9.02. The minimum atomic E-state index is -0.553. The third kappa shape index (κ3) is 2.49. The minimum Gasteiger partial charge on any atom is -0.465 e. The van der Waals surface area contributed by atoms with Crippen LogP contribution < -0.4 is 4.74 Å². The fourth-order valence-corrected chi connectivity index (χ4v) is 1.17. The maximum absolute atomic E-state index is 11.4. The Bertz CT molecular complexity index is 422. The fourth-order valence-electron chi connectivity index (χ4n) is 1.17. The van der Waals surface area contributed by atoms with Crippen molar-refractivity contribution in [2.24, 2.45) is 0 Å². The fraction of sp³-hybridized carbons (Fsp3) is 0.273. The molecular formula is C11H11NO4. The lowest BCUT2D eigenvalue weighted by molar-refractivity contribution is 0.0463. The molecule has 0 spiro atoms. The highest BCUT2D eigenvalue weighted by molar-refractivity contribution is 5.93. The average Bonchev–Trinajstić information content (AvgIpc) is 2.34. The summed E-state index contributed by atoms with van der Waals surface area (Å²) in [6.45, 7) is -0.0390. The molecule has 0 amide bonds. The van der Waals surface area contributed by atoms with E-state index in [1.165, 1.54) is 20.3 Å². The summed E-state index contributed by atoms with van der Waals surface area (Å²) >= 11 is 0. The highest BCUT2D eigenvalue weighted by Gasteiger charge is 2.16. The molecule has 0 bridgehead atoms. The summed E-state index contributed by atoms with van der Waals surface area (Å²) < 4.78 is 14.5. The van der Waals surface area contributed by atoms with E-state index < -0.39 is 5.97 Å². The largest absolute Gasteiger partial charge is 0.465 e. The summed E-state index contributed by atoms with van der Waals surface area (Å²) in [6.07, 6.45) is 0. The third-order valence-corrected chi connectivity index (χ3v) is 1.86. The number of nitriles is 1. The summed E-state index contributed by atoms with van der Waals surface area (Å²) in [4.78, 5) is 11.4. The van der Waals surface area contributed by atoms with Gasteiger partial charge in [0.1, 0.15) is 11.6 Å². The Hall–Kier alpha value is -2.06. The number of rotatable bonds is 4. The van der Waals surface area contributed by atoms with Gasteiger partial charge in [-0.15, -0.1) is 0 Å². The van der Waals surface area contributed by atoms with E-state index in [0.29, 0.717) is 0 Å². The van der Waals surface area contributed by atoms with E-state index >= 15 is 0 Å². The second-order valence-corrected chi connectivity index (χ2v) is 2.84. The monoisotopic (exact) mass is 221 g/mol. The van der Waals surface area contributed by atoms with Crippen LogP contribution in [-0.4, -0.2) is 27.0 Å². The number of hydrogen-bond donors (Lipinski definition) is 0. The van der Waals surface area contributed by atoms with Gasteiger partial charge >= 0.3 is 5.97 Å². The van der Waals surface area contributed by atoms with Crippen LogP contribution in [-0.2, 0) is 9.47 Å². The van der Waals surface area contributed by atoms with Gasteiger partial charge in [0.05, 0.1) is 12.7 Å². The standard InChI is InChI=1S/C11H11NO4/c1-14-7-16-10-8(6-12)4-3-5-9(10)11(13)15-2/h3-5H,7H2,1-2H3. The molecule has 0 aliphatic carbocycles. The van der Waals surface area contributed by atoms with Crippen molar-refractivity contribution in [3.63, 3.8) is 0 Å². The average molecular weight is 221 g/mol. The Morgan fingerprint density at radius 3 is 2.75 bits per heavy atom. The van der Waals surface area contributed by atoms with Crippen molar-refractivity contribution in [2.45, 2.75) is 0 Å². The van der Waals surface area contributed by atoms with E-state index in [9.17, 15) is 4.79 Å². The molecule has 0 radical (unpaired) electrons. The lowest BCUT2D eigenvalue weighted by atomic mass is 10.1. The summed E-state index contributed by atoms with van der Waals surface area (Å²) in [5.41, 5.74) is 0.471. The summed E-state index contributed by atoms with van der Waals surface area (Å²) in [7, 11) is 2.72. The SMILES string of the molecule is COCOc1c(C#N)cccc1C(=O)OC. The van der Waals surface area contributed by atoms with Crippen molar-refractivity contribution in [2.75, 3.05) is 21.0 Å². The molecule has 5 nitrogen and oxygen atoms in total. The minimum absolute atomic E-state index is 0.0390. The molecule has 0 unspecified atom stereocenters. The van der Waals surface area contributed by atoms with E-state index in [1.54, 1.807) is 12.1 Å². The van der Waals surface area contributed by atoms with Crippen LogP contribution in [0.3, 0.4) is 0 Å². The molecule has 0 aliphatic rings. The summed E-state index contributed by atoms with van der Waals surface area (Å²) in [6, 6.07) is 6.60. The van der Waals surface area contributed by atoms with Crippen molar-refractivity contribution < 1.29 is 19.0 Å². The third-order valence-electron chi connectivity index (χ3n) is 1.86. The maximum atomic E-state index is 11.4. The Morgan fingerprint density at radius 1 is 1.44 bits per heavy atom. The molecule has 0 fully saturated rings. The first kappa shape index (κ1) is 12.0. The van der Waals surface area contributed by atoms with Crippen LogP contribution in [0.2, 0.25) is 0 Å². The van der Waals surface area contributed by atoms with Crippen molar-refractivity contribution in [1.29, 1.82) is 5.26 Å². The number of hydrogen-bond acceptors (Lipinski definition) is 5. The Balaban J connectivity index is 3.16. The number of benzene rings is 1. The quantitative estimate of drug-likeness (QED) is 0.566. The molecule has 16 heavy (non-hydrogen) atoms. The van der Waals surface area contributed by atoms with E-state index in [2.05, 4.69) is 4.74 Å². The van der Waals surface area contributed by atoms with Crippen LogP contribution in [0, 0.1) is 11.3 Å². The lowest BCUT2D eigenvalue weighted by Crippen LogP contribution is -2.08. The predicted molar refractivity (Wildman–Crippen MR) is 55.0 cm³/mol. The molecule has 0 saturated carbocycles. The number of nitrogens with zero attached hydrogens (tertiary/aromatic N) is 1. The molecule has 5 heteroatoms. The first-order valence-electron chi connectivity index (χ1n) is 4.47. The molecule has 0 saturated heterocycles. The van der Waals surface area contributed by atoms with Crippen molar-refractivity contribution in [3.05, 3.63) is 29.3 Å². The van der Waals surface area contributed by atoms with Gasteiger partial charge < -0.3 is 14.2 Å². The number of esters is 1. The second kappa shape index (κ2) is 5.73. The second-order valence-electron chi connectivity index (χ2n) is 2.84. The van der Waals surface area contributed by atoms with E-state index in [4.69, 9.17) is 14.7 Å². The smallest absolute Gasteiger partial charge is 0.341 e. The number of carbonyl (C=O) groups is 1. The molecular weight excluding hydrogens is 210 g/mol. The Labute approximate surface area is 93.2 Å². The topological polar surface area (TPSA) is 68.5 Å². The van der Waals surface area contributed by atoms with Gasteiger partial charge in [-0.1, -0.05) is 6.07 Å². The van der Waals surface area contributed by atoms with Gasteiger partial charge in [0.25, 0.3) is 0 Å². The highest BCUT2D eigenvalue weighted by atomic mass is 16.7. The van der Waals surface area contributed by atoms with Crippen LogP contribution in [0.4, 0.5) is 0 Å². The van der Waals surface area contributed by atoms with E-state index in [1.807, 2.05) is 6.07 Å². The number of carbonyl (C=O) groups excluding carboxylic acids is 1. The molecule has 0 atom stereocenters. The molecule has 1 rings (SSSR count). The van der Waals surface area contributed by atoms with Gasteiger partial charge in [-0.25, -0.2) is 4.79 Å². The van der Waals surface area contributed by atoms with Crippen LogP contribution in [0.5, 0.6) is 5.75 Å². The van der Waals surface area contributed by atoms with Gasteiger partial charge in [-0.05, 0) is 12.1 Å². The highest BCUT2D eigenvalue weighted by Crippen LogP contribution is 2.24. The van der Waals surface area contributed by atoms with Gasteiger partial charge in [0.15, 0.2) is 12.5 Å². The predicted octanol–water partition coefficient (Wildman–Crippen LogP) is 1.33. The zero-order chi connectivity index (χ0) is 12.0. The molecule has 1 aromatic carbocycles. The van der Waals surface area contributed by atoms with Crippen molar-refractivity contribution >= 4 is 5.97 Å². The molecule has 0 aliphatic heterocycles. The molecule has 0 heterocycles. The summed E-state index contributed by atoms with van der Waals surface area (Å²) in [5, 5.41) is 8.87. The Morgan fingerprint density at radius 2 is 2.19 bits per heavy atom. The maximum Gasteiger partial charge on any atom is 0.341 e. The number of methoxy groups -OCH3 is 2. The van der Waals surface area contributed by atoms with Crippen LogP contribution in [0.25, 0.3) is 0 Å². The van der Waals surface area contributed by atoms with Gasteiger partial charge in [-0.2, -0.15) is 5.26 Å². The molecule has 84 valence electrons. The molecule has 0 N–H and O–H groups in total. The number of ether oxygens (including phenoxy) is 3. The normalized spacial score (nSPS) is 9.31. The molecule has 1 aromatic rings.